The maximum absolute atomic E-state index is 12.8. The number of aromatic nitrogens is 1. The zero-order valence-electron chi connectivity index (χ0n) is 14.9. The molecular formula is C19H22ClN3O3. The molecule has 7 heteroatoms. The van der Waals surface area contributed by atoms with Crippen LogP contribution in [0.4, 0.5) is 5.69 Å². The summed E-state index contributed by atoms with van der Waals surface area (Å²) < 4.78 is 5.11. The highest BCUT2D eigenvalue weighted by Gasteiger charge is 2.36. The number of halogens is 1. The molecule has 1 aromatic heterocycles. The van der Waals surface area contributed by atoms with E-state index in [9.17, 15) is 9.59 Å². The largest absolute Gasteiger partial charge is 0.351 e. The number of amides is 2. The van der Waals surface area contributed by atoms with Gasteiger partial charge in [0.05, 0.1) is 11.7 Å². The molecular weight excluding hydrogens is 354 g/mol. The lowest BCUT2D eigenvalue weighted by atomic mass is 10.0. The van der Waals surface area contributed by atoms with Gasteiger partial charge < -0.3 is 14.3 Å². The Morgan fingerprint density at radius 3 is 2.69 bits per heavy atom. The minimum atomic E-state index is -0.282. The first-order valence-corrected chi connectivity index (χ1v) is 9.17. The normalized spacial score (nSPS) is 17.7. The highest BCUT2D eigenvalue weighted by Crippen LogP contribution is 2.25. The molecule has 0 unspecified atom stereocenters. The van der Waals surface area contributed by atoms with Gasteiger partial charge in [-0.3, -0.25) is 9.59 Å². The van der Waals surface area contributed by atoms with Crippen LogP contribution in [0, 0.1) is 6.92 Å². The van der Waals surface area contributed by atoms with Crippen molar-refractivity contribution in [2.75, 3.05) is 18.0 Å². The van der Waals surface area contributed by atoms with Crippen molar-refractivity contribution >= 4 is 29.1 Å². The Kier molecular flexibility index (Phi) is 5.61. The summed E-state index contributed by atoms with van der Waals surface area (Å²) in [5, 5.41) is 4.40. The predicted octanol–water partition coefficient (Wildman–Crippen LogP) is 3.68. The lowest BCUT2D eigenvalue weighted by Gasteiger charge is -2.40. The van der Waals surface area contributed by atoms with Crippen molar-refractivity contribution in [1.29, 1.82) is 0 Å². The summed E-state index contributed by atoms with van der Waals surface area (Å²) in [6.45, 7) is 4.35. The number of aryl methyl sites for hydroxylation is 1. The summed E-state index contributed by atoms with van der Waals surface area (Å²) in [7, 11) is 0. The van der Waals surface area contributed by atoms with E-state index >= 15 is 0 Å². The van der Waals surface area contributed by atoms with Crippen LogP contribution in [0.1, 0.15) is 42.4 Å². The Bertz CT molecular complexity index is 788. The van der Waals surface area contributed by atoms with Gasteiger partial charge in [0.25, 0.3) is 5.91 Å². The van der Waals surface area contributed by atoms with Gasteiger partial charge in [-0.25, -0.2) is 0 Å². The molecule has 0 bridgehead atoms. The van der Waals surface area contributed by atoms with Crippen molar-refractivity contribution in [3.8, 4) is 0 Å². The van der Waals surface area contributed by atoms with Crippen molar-refractivity contribution in [2.24, 2.45) is 0 Å². The van der Waals surface area contributed by atoms with E-state index in [0.717, 1.165) is 24.9 Å². The van der Waals surface area contributed by atoms with Crippen LogP contribution in [0.15, 0.2) is 34.9 Å². The first-order valence-electron chi connectivity index (χ1n) is 8.79. The third-order valence-electron chi connectivity index (χ3n) is 4.57. The number of hydrogen-bond donors (Lipinski definition) is 0. The monoisotopic (exact) mass is 375 g/mol. The summed E-state index contributed by atoms with van der Waals surface area (Å²) in [6.07, 6.45) is 2.83. The second-order valence-corrected chi connectivity index (χ2v) is 6.98. The molecule has 1 aliphatic heterocycles. The molecule has 1 fully saturated rings. The maximum atomic E-state index is 12.8. The van der Waals surface area contributed by atoms with Crippen molar-refractivity contribution in [1.82, 2.24) is 10.1 Å². The van der Waals surface area contributed by atoms with Gasteiger partial charge in [-0.05, 0) is 37.6 Å². The number of piperazine rings is 1. The van der Waals surface area contributed by atoms with Gasteiger partial charge in [-0.1, -0.05) is 36.5 Å². The van der Waals surface area contributed by atoms with E-state index in [2.05, 4.69) is 12.1 Å². The SMILES string of the molecule is CCCC[C@@H]1CN(c2ccc(Cl)cc2)C(=O)CN1C(=O)c1cc(C)no1. The molecule has 0 saturated carbocycles. The van der Waals surface area contributed by atoms with E-state index in [1.54, 1.807) is 34.9 Å². The smallest absolute Gasteiger partial charge is 0.293 e. The number of nitrogens with zero attached hydrogens (tertiary/aromatic N) is 3. The van der Waals surface area contributed by atoms with Crippen LogP contribution < -0.4 is 4.90 Å². The molecule has 26 heavy (non-hydrogen) atoms. The van der Waals surface area contributed by atoms with Crippen molar-refractivity contribution < 1.29 is 14.1 Å². The highest BCUT2D eigenvalue weighted by atomic mass is 35.5. The number of carbonyl (C=O) groups is 2. The Morgan fingerprint density at radius 1 is 1.35 bits per heavy atom. The van der Waals surface area contributed by atoms with Gasteiger partial charge in [0.15, 0.2) is 0 Å². The van der Waals surface area contributed by atoms with Gasteiger partial charge in [0, 0.05) is 23.3 Å². The number of anilines is 1. The van der Waals surface area contributed by atoms with Crippen LogP contribution in [-0.2, 0) is 4.79 Å². The molecule has 0 aliphatic carbocycles. The van der Waals surface area contributed by atoms with E-state index in [1.807, 2.05) is 12.1 Å². The van der Waals surface area contributed by atoms with Crippen LogP contribution in [0.3, 0.4) is 0 Å². The quantitative estimate of drug-likeness (QED) is 0.799. The van der Waals surface area contributed by atoms with Crippen LogP contribution in [0.25, 0.3) is 0 Å². The Labute approximate surface area is 157 Å². The molecule has 2 aromatic rings. The second-order valence-electron chi connectivity index (χ2n) is 6.54. The number of benzene rings is 1. The van der Waals surface area contributed by atoms with Gasteiger partial charge >= 0.3 is 0 Å². The number of hydrogen-bond acceptors (Lipinski definition) is 4. The van der Waals surface area contributed by atoms with Crippen molar-refractivity contribution in [2.45, 2.75) is 39.2 Å². The average molecular weight is 376 g/mol. The topological polar surface area (TPSA) is 66.7 Å². The number of carbonyl (C=O) groups excluding carboxylic acids is 2. The summed E-state index contributed by atoms with van der Waals surface area (Å²) >= 11 is 5.95. The fourth-order valence-corrected chi connectivity index (χ4v) is 3.30. The molecule has 6 nitrogen and oxygen atoms in total. The molecule has 1 atom stereocenters. The molecule has 0 spiro atoms. The Balaban J connectivity index is 1.83. The molecule has 2 amide bonds. The molecule has 1 saturated heterocycles. The number of rotatable bonds is 5. The maximum Gasteiger partial charge on any atom is 0.293 e. The van der Waals surface area contributed by atoms with Gasteiger partial charge in [0.2, 0.25) is 11.7 Å². The third kappa shape index (κ3) is 3.90. The summed E-state index contributed by atoms with van der Waals surface area (Å²) in [6, 6.07) is 8.72. The highest BCUT2D eigenvalue weighted by molar-refractivity contribution is 6.30. The Hall–Kier alpha value is -2.34. The van der Waals surface area contributed by atoms with Crippen molar-refractivity contribution in [3.05, 3.63) is 46.8 Å². The summed E-state index contributed by atoms with van der Waals surface area (Å²) in [5.74, 6) is -0.225. The fourth-order valence-electron chi connectivity index (χ4n) is 3.17. The average Bonchev–Trinajstić information content (AvgIpc) is 3.07. The Morgan fingerprint density at radius 2 is 2.08 bits per heavy atom. The molecule has 2 heterocycles. The van der Waals surface area contributed by atoms with E-state index in [0.29, 0.717) is 17.3 Å². The van der Waals surface area contributed by atoms with Gasteiger partial charge in [-0.15, -0.1) is 0 Å². The minimum Gasteiger partial charge on any atom is -0.351 e. The molecule has 3 rings (SSSR count). The van der Waals surface area contributed by atoms with Crippen LogP contribution in [-0.4, -0.2) is 41.0 Å². The second kappa shape index (κ2) is 7.91. The molecule has 1 aliphatic rings. The van der Waals surface area contributed by atoms with Gasteiger partial charge in [0.1, 0.15) is 6.54 Å². The minimum absolute atomic E-state index is 0.0234. The van der Waals surface area contributed by atoms with Crippen molar-refractivity contribution in [3.63, 3.8) is 0 Å². The summed E-state index contributed by atoms with van der Waals surface area (Å²) in [5.41, 5.74) is 1.44. The van der Waals surface area contributed by atoms with E-state index in [4.69, 9.17) is 16.1 Å². The van der Waals surface area contributed by atoms with Crippen LogP contribution in [0.2, 0.25) is 5.02 Å². The molecule has 0 radical (unpaired) electrons. The standard InChI is InChI=1S/C19H22ClN3O3/c1-3-4-5-16-11-22(15-8-6-14(20)7-9-15)18(24)12-23(16)19(25)17-10-13(2)21-26-17/h6-10,16H,3-5,11-12H2,1-2H3/t16-/m1/s1. The lowest BCUT2D eigenvalue weighted by Crippen LogP contribution is -2.58. The first kappa shape index (κ1) is 18.5. The van der Waals surface area contributed by atoms with E-state index in [-0.39, 0.29) is 30.2 Å². The number of unbranched alkanes of at least 4 members (excludes halogenated alkanes) is 1. The first-order chi connectivity index (χ1) is 12.5. The van der Waals surface area contributed by atoms with Crippen LogP contribution in [0.5, 0.6) is 0 Å². The molecule has 1 aromatic carbocycles. The van der Waals surface area contributed by atoms with Gasteiger partial charge in [-0.2, -0.15) is 0 Å². The van der Waals surface area contributed by atoms with E-state index < -0.39 is 0 Å². The van der Waals surface area contributed by atoms with Crippen LogP contribution >= 0.6 is 11.6 Å². The third-order valence-corrected chi connectivity index (χ3v) is 4.82. The molecule has 0 N–H and O–H groups in total. The lowest BCUT2D eigenvalue weighted by molar-refractivity contribution is -0.121. The zero-order valence-corrected chi connectivity index (χ0v) is 15.7. The van der Waals surface area contributed by atoms with E-state index in [1.165, 1.54) is 0 Å². The summed E-state index contributed by atoms with van der Waals surface area (Å²) in [4.78, 5) is 28.9. The molecule has 138 valence electrons. The fraction of sp³-hybridized carbons (Fsp3) is 0.421. The zero-order chi connectivity index (χ0) is 18.7. The predicted molar refractivity (Wildman–Crippen MR) is 99.4 cm³/mol.